The lowest BCUT2D eigenvalue weighted by Crippen LogP contribution is -2.07. The molecule has 0 fully saturated rings. The van der Waals surface area contributed by atoms with Gasteiger partial charge < -0.3 is 23.7 Å². The molecule has 39 heavy (non-hydrogen) atoms. The molecule has 0 aliphatic rings. The Morgan fingerprint density at radius 1 is 1.05 bits per heavy atom. The first-order valence-electron chi connectivity index (χ1n) is 12.9. The van der Waals surface area contributed by atoms with E-state index in [1.807, 2.05) is 58.3 Å². The number of fused-ring (bicyclic) bond motifs is 1. The van der Waals surface area contributed by atoms with Gasteiger partial charge in [-0.3, -0.25) is 4.98 Å². The molecule has 5 rings (SSSR count). The molecule has 0 saturated heterocycles. The van der Waals surface area contributed by atoms with Gasteiger partial charge in [-0.25, -0.2) is 9.78 Å². The van der Waals surface area contributed by atoms with E-state index in [9.17, 15) is 9.90 Å². The highest BCUT2D eigenvalue weighted by Crippen LogP contribution is 2.45. The van der Waals surface area contributed by atoms with E-state index in [1.165, 1.54) is 0 Å². The zero-order valence-electron chi connectivity index (χ0n) is 22.6. The molecule has 0 saturated carbocycles. The van der Waals surface area contributed by atoms with Gasteiger partial charge in [-0.15, -0.1) is 0 Å². The van der Waals surface area contributed by atoms with Crippen LogP contribution >= 0.6 is 0 Å². The maximum Gasteiger partial charge on any atom is 0.335 e. The van der Waals surface area contributed by atoms with Gasteiger partial charge in [0.15, 0.2) is 0 Å². The summed E-state index contributed by atoms with van der Waals surface area (Å²) in [5.74, 6) is 0.491. The lowest BCUT2D eigenvalue weighted by Gasteiger charge is -2.16. The number of carbonyl (C=O) groups is 1. The molecular weight excluding hydrogens is 496 g/mol. The van der Waals surface area contributed by atoms with Crippen molar-refractivity contribution < 1.29 is 23.9 Å². The first kappa shape index (κ1) is 26.0. The summed E-state index contributed by atoms with van der Waals surface area (Å²) < 4.78 is 19.5. The fourth-order valence-corrected chi connectivity index (χ4v) is 4.94. The zero-order valence-corrected chi connectivity index (χ0v) is 22.6. The molecule has 0 aliphatic carbocycles. The minimum Gasteiger partial charge on any atom is -0.493 e. The topological polar surface area (TPSA) is 113 Å². The van der Waals surface area contributed by atoms with E-state index in [4.69, 9.17) is 19.0 Å². The van der Waals surface area contributed by atoms with Gasteiger partial charge in [0, 0.05) is 40.7 Å². The molecule has 1 unspecified atom stereocenters. The van der Waals surface area contributed by atoms with Crippen LogP contribution in [0.1, 0.15) is 54.3 Å². The van der Waals surface area contributed by atoms with Crippen molar-refractivity contribution in [2.45, 2.75) is 40.7 Å². The van der Waals surface area contributed by atoms with E-state index in [1.54, 1.807) is 18.3 Å². The third-order valence-electron chi connectivity index (χ3n) is 6.71. The van der Waals surface area contributed by atoms with Crippen LogP contribution in [0.15, 0.2) is 59.5 Å². The molecule has 5 aromatic rings. The lowest BCUT2D eigenvalue weighted by atomic mass is 9.99. The Labute approximate surface area is 226 Å². The summed E-state index contributed by atoms with van der Waals surface area (Å²) in [6.07, 6.45) is 5.60. The van der Waals surface area contributed by atoms with Gasteiger partial charge in [0.25, 0.3) is 0 Å². The first-order valence-corrected chi connectivity index (χ1v) is 12.9. The Kier molecular flexibility index (Phi) is 7.06. The number of ether oxygens (including phenoxy) is 2. The van der Waals surface area contributed by atoms with Crippen molar-refractivity contribution in [2.75, 3.05) is 13.2 Å². The van der Waals surface area contributed by atoms with Crippen LogP contribution in [0.25, 0.3) is 33.3 Å². The Balaban J connectivity index is 1.84. The third kappa shape index (κ3) is 4.71. The van der Waals surface area contributed by atoms with Crippen molar-refractivity contribution in [3.63, 3.8) is 0 Å². The minimum absolute atomic E-state index is 0.0887. The summed E-state index contributed by atoms with van der Waals surface area (Å²) in [6.45, 7) is 10.3. The molecule has 1 aromatic carbocycles. The highest BCUT2D eigenvalue weighted by molar-refractivity contribution is 6.01. The molecule has 0 aliphatic heterocycles. The second kappa shape index (κ2) is 10.6. The van der Waals surface area contributed by atoms with Crippen LogP contribution in [-0.4, -0.2) is 44.0 Å². The van der Waals surface area contributed by atoms with Crippen molar-refractivity contribution >= 4 is 17.0 Å². The largest absolute Gasteiger partial charge is 0.493 e. The summed E-state index contributed by atoms with van der Waals surface area (Å²) in [5, 5.41) is 14.7. The van der Waals surface area contributed by atoms with E-state index >= 15 is 0 Å². The molecule has 1 atom stereocenters. The van der Waals surface area contributed by atoms with E-state index in [-0.39, 0.29) is 11.6 Å². The van der Waals surface area contributed by atoms with Crippen LogP contribution in [0.2, 0.25) is 0 Å². The number of aromatic nitrogens is 4. The third-order valence-corrected chi connectivity index (χ3v) is 6.71. The molecule has 9 nitrogen and oxygen atoms in total. The maximum absolute atomic E-state index is 11.9. The summed E-state index contributed by atoms with van der Waals surface area (Å²) in [7, 11) is 0. The molecule has 9 heteroatoms. The summed E-state index contributed by atoms with van der Waals surface area (Å²) in [5.41, 5.74) is 5.70. The number of rotatable bonds is 9. The van der Waals surface area contributed by atoms with Crippen molar-refractivity contribution in [3.05, 3.63) is 77.7 Å². The normalized spacial score (nSPS) is 12.0. The lowest BCUT2D eigenvalue weighted by molar-refractivity contribution is 0.0696. The van der Waals surface area contributed by atoms with Gasteiger partial charge in [-0.2, -0.15) is 0 Å². The fraction of sp³-hybridized carbons (Fsp3) is 0.267. The predicted molar refractivity (Wildman–Crippen MR) is 147 cm³/mol. The highest BCUT2D eigenvalue weighted by Gasteiger charge is 2.25. The van der Waals surface area contributed by atoms with Gasteiger partial charge in [0.05, 0.1) is 41.8 Å². The van der Waals surface area contributed by atoms with Gasteiger partial charge in [-0.1, -0.05) is 11.2 Å². The molecule has 4 heterocycles. The standard InChI is InChI=1S/C30H30N4O5/c1-6-37-25-13-20(30(35)36)14-26(38-7-2)28(25)23-16-34(18(4)24-10-8-9-11-31-24)29-22(23)12-21(15-32-29)27-17(3)33-39-19(27)5/h8-16,18H,6-7H2,1-5H3,(H,35,36). The van der Waals surface area contributed by atoms with Crippen molar-refractivity contribution in [2.24, 2.45) is 0 Å². The van der Waals surface area contributed by atoms with E-state index in [0.29, 0.717) is 36.0 Å². The quantitative estimate of drug-likeness (QED) is 0.232. The summed E-state index contributed by atoms with van der Waals surface area (Å²) >= 11 is 0. The van der Waals surface area contributed by atoms with Crippen LogP contribution in [0, 0.1) is 13.8 Å². The Morgan fingerprint density at radius 2 is 1.77 bits per heavy atom. The number of hydrogen-bond donors (Lipinski definition) is 1. The van der Waals surface area contributed by atoms with E-state index < -0.39 is 5.97 Å². The molecule has 1 N–H and O–H groups in total. The molecule has 0 amide bonds. The van der Waals surface area contributed by atoms with Crippen LogP contribution in [0.5, 0.6) is 11.5 Å². The molecule has 200 valence electrons. The Morgan fingerprint density at radius 3 is 2.33 bits per heavy atom. The summed E-state index contributed by atoms with van der Waals surface area (Å²) in [4.78, 5) is 21.4. The smallest absolute Gasteiger partial charge is 0.335 e. The fourth-order valence-electron chi connectivity index (χ4n) is 4.94. The second-order valence-corrected chi connectivity index (χ2v) is 9.19. The van der Waals surface area contributed by atoms with Crippen molar-refractivity contribution in [1.29, 1.82) is 0 Å². The monoisotopic (exact) mass is 526 g/mol. The van der Waals surface area contributed by atoms with Crippen molar-refractivity contribution in [3.8, 4) is 33.8 Å². The molecule has 4 aromatic heterocycles. The molecule has 0 radical (unpaired) electrons. The number of hydrogen-bond acceptors (Lipinski definition) is 7. The minimum atomic E-state index is -1.06. The number of aryl methyl sites for hydroxylation is 2. The number of aromatic carboxylic acids is 1. The van der Waals surface area contributed by atoms with Gasteiger partial charge in [0.1, 0.15) is 22.9 Å². The average Bonchev–Trinajstić information content (AvgIpc) is 3.47. The number of carboxylic acid groups (broad SMARTS) is 1. The zero-order chi connectivity index (χ0) is 27.7. The molecule has 0 spiro atoms. The first-order chi connectivity index (χ1) is 18.8. The SMILES string of the molecule is CCOc1cc(C(=O)O)cc(OCC)c1-c1cn(C(C)c2ccccn2)c2ncc(-c3c(C)noc3C)cc12. The van der Waals surface area contributed by atoms with E-state index in [0.717, 1.165) is 39.1 Å². The number of carboxylic acids is 1. The predicted octanol–water partition coefficient (Wildman–Crippen LogP) is 6.48. The summed E-state index contributed by atoms with van der Waals surface area (Å²) in [6, 6.07) is 10.8. The highest BCUT2D eigenvalue weighted by atomic mass is 16.5. The van der Waals surface area contributed by atoms with Crippen LogP contribution in [0.4, 0.5) is 0 Å². The van der Waals surface area contributed by atoms with Gasteiger partial charge in [0.2, 0.25) is 0 Å². The number of nitrogens with zero attached hydrogens (tertiary/aromatic N) is 4. The van der Waals surface area contributed by atoms with Gasteiger partial charge >= 0.3 is 5.97 Å². The van der Waals surface area contributed by atoms with E-state index in [2.05, 4.69) is 27.7 Å². The second-order valence-electron chi connectivity index (χ2n) is 9.19. The number of pyridine rings is 2. The molecular formula is C30H30N4O5. The average molecular weight is 527 g/mol. The van der Waals surface area contributed by atoms with Crippen LogP contribution in [0.3, 0.4) is 0 Å². The van der Waals surface area contributed by atoms with Crippen LogP contribution < -0.4 is 9.47 Å². The van der Waals surface area contributed by atoms with Crippen LogP contribution in [-0.2, 0) is 0 Å². The maximum atomic E-state index is 11.9. The number of benzene rings is 1. The van der Waals surface area contributed by atoms with Gasteiger partial charge in [-0.05, 0) is 65.0 Å². The molecule has 0 bridgehead atoms. The van der Waals surface area contributed by atoms with Crippen molar-refractivity contribution in [1.82, 2.24) is 19.7 Å². The Bertz CT molecular complexity index is 1610. The Hall–Kier alpha value is -4.66.